The van der Waals surface area contributed by atoms with Crippen molar-refractivity contribution >= 4 is 17.3 Å². The van der Waals surface area contributed by atoms with Gasteiger partial charge in [0, 0.05) is 12.4 Å². The monoisotopic (exact) mass is 194 g/mol. The fraction of sp³-hybridized carbons (Fsp3) is 0.300. The smallest absolute Gasteiger partial charge is 0.101 e. The Kier molecular flexibility index (Phi) is 4.14. The number of rotatable bonds is 4. The van der Waals surface area contributed by atoms with E-state index in [2.05, 4.69) is 11.4 Å². The lowest BCUT2D eigenvalue weighted by atomic mass is 10.2. The quantitative estimate of drug-likeness (QED) is 0.591. The molecule has 13 heavy (non-hydrogen) atoms. The van der Waals surface area contributed by atoms with E-state index in [0.717, 1.165) is 18.7 Å². The van der Waals surface area contributed by atoms with E-state index in [1.165, 1.54) is 0 Å². The van der Waals surface area contributed by atoms with Gasteiger partial charge >= 0.3 is 0 Å². The van der Waals surface area contributed by atoms with E-state index >= 15 is 0 Å². The fourth-order valence-electron chi connectivity index (χ4n) is 1.02. The van der Waals surface area contributed by atoms with Gasteiger partial charge in [-0.15, -0.1) is 11.6 Å². The van der Waals surface area contributed by atoms with Crippen LogP contribution in [0.4, 0.5) is 5.69 Å². The predicted octanol–water partition coefficient (Wildman–Crippen LogP) is 2.60. The summed E-state index contributed by atoms with van der Waals surface area (Å²) < 4.78 is 0. The standard InChI is InChI=1S/C10H11ClN2/c11-6-3-7-13-10-5-2-1-4-9(10)8-12/h1-2,4-5,13H,3,6-7H2. The molecule has 0 unspecified atom stereocenters. The van der Waals surface area contributed by atoms with Gasteiger partial charge in [-0.2, -0.15) is 5.26 Å². The van der Waals surface area contributed by atoms with E-state index in [4.69, 9.17) is 16.9 Å². The number of anilines is 1. The zero-order chi connectivity index (χ0) is 9.52. The molecule has 0 aliphatic heterocycles. The summed E-state index contributed by atoms with van der Waals surface area (Å²) in [6, 6.07) is 9.58. The molecule has 1 N–H and O–H groups in total. The Hall–Kier alpha value is -1.20. The SMILES string of the molecule is N#Cc1ccccc1NCCCCl. The Balaban J connectivity index is 2.60. The van der Waals surface area contributed by atoms with Gasteiger partial charge in [-0.1, -0.05) is 12.1 Å². The van der Waals surface area contributed by atoms with Crippen molar-refractivity contribution in [2.45, 2.75) is 6.42 Å². The summed E-state index contributed by atoms with van der Waals surface area (Å²) in [7, 11) is 0. The molecule has 0 fully saturated rings. The summed E-state index contributed by atoms with van der Waals surface area (Å²) >= 11 is 5.54. The Bertz CT molecular complexity index is 304. The van der Waals surface area contributed by atoms with Gasteiger partial charge in [-0.05, 0) is 18.6 Å². The van der Waals surface area contributed by atoms with E-state index < -0.39 is 0 Å². The molecule has 0 aliphatic carbocycles. The van der Waals surface area contributed by atoms with Gasteiger partial charge in [0.2, 0.25) is 0 Å². The number of nitrogens with zero attached hydrogens (tertiary/aromatic N) is 1. The van der Waals surface area contributed by atoms with Crippen LogP contribution in [0.15, 0.2) is 24.3 Å². The van der Waals surface area contributed by atoms with Crippen LogP contribution in [0.25, 0.3) is 0 Å². The van der Waals surface area contributed by atoms with Gasteiger partial charge in [0.25, 0.3) is 0 Å². The van der Waals surface area contributed by atoms with Gasteiger partial charge in [-0.25, -0.2) is 0 Å². The Morgan fingerprint density at radius 2 is 2.15 bits per heavy atom. The van der Waals surface area contributed by atoms with Crippen LogP contribution in [0.2, 0.25) is 0 Å². The van der Waals surface area contributed by atoms with Crippen molar-refractivity contribution in [2.24, 2.45) is 0 Å². The summed E-state index contributed by atoms with van der Waals surface area (Å²) in [6.07, 6.45) is 0.904. The minimum atomic E-state index is 0.641. The average Bonchev–Trinajstić information content (AvgIpc) is 2.19. The maximum Gasteiger partial charge on any atom is 0.101 e. The van der Waals surface area contributed by atoms with Crippen LogP contribution < -0.4 is 5.32 Å². The van der Waals surface area contributed by atoms with Crippen LogP contribution in [0.1, 0.15) is 12.0 Å². The van der Waals surface area contributed by atoms with Crippen LogP contribution in [0.5, 0.6) is 0 Å². The molecule has 0 heterocycles. The lowest BCUT2D eigenvalue weighted by Gasteiger charge is -2.05. The van der Waals surface area contributed by atoms with Gasteiger partial charge < -0.3 is 5.32 Å². The highest BCUT2D eigenvalue weighted by Gasteiger charge is 1.97. The van der Waals surface area contributed by atoms with Gasteiger partial charge in [0.05, 0.1) is 11.3 Å². The van der Waals surface area contributed by atoms with Crippen LogP contribution >= 0.6 is 11.6 Å². The molecule has 0 radical (unpaired) electrons. The molecule has 2 nitrogen and oxygen atoms in total. The Labute approximate surface area is 83.1 Å². The first-order valence-corrected chi connectivity index (χ1v) is 4.71. The topological polar surface area (TPSA) is 35.8 Å². The molecular formula is C10H11ClN2. The number of halogens is 1. The molecule has 0 aromatic heterocycles. The minimum Gasteiger partial charge on any atom is -0.384 e. The number of para-hydroxylation sites is 1. The Morgan fingerprint density at radius 3 is 2.85 bits per heavy atom. The molecule has 1 rings (SSSR count). The zero-order valence-corrected chi connectivity index (χ0v) is 8.01. The summed E-state index contributed by atoms with van der Waals surface area (Å²) in [5.74, 6) is 0.641. The van der Waals surface area contributed by atoms with Crippen molar-refractivity contribution < 1.29 is 0 Å². The molecule has 1 aromatic rings. The van der Waals surface area contributed by atoms with Crippen molar-refractivity contribution in [1.82, 2.24) is 0 Å². The fourth-order valence-corrected chi connectivity index (χ4v) is 1.16. The molecule has 0 atom stereocenters. The van der Waals surface area contributed by atoms with Crippen LogP contribution in [0.3, 0.4) is 0 Å². The van der Waals surface area contributed by atoms with E-state index in [1.54, 1.807) is 6.07 Å². The van der Waals surface area contributed by atoms with Crippen molar-refractivity contribution in [2.75, 3.05) is 17.7 Å². The van der Waals surface area contributed by atoms with Crippen molar-refractivity contribution in [3.63, 3.8) is 0 Å². The first-order chi connectivity index (χ1) is 6.38. The molecular weight excluding hydrogens is 184 g/mol. The third-order valence-electron chi connectivity index (χ3n) is 1.67. The number of benzene rings is 1. The molecule has 0 saturated carbocycles. The average molecular weight is 195 g/mol. The number of hydrogen-bond donors (Lipinski definition) is 1. The molecule has 0 amide bonds. The van der Waals surface area contributed by atoms with Crippen LogP contribution in [-0.2, 0) is 0 Å². The predicted molar refractivity (Wildman–Crippen MR) is 55.0 cm³/mol. The van der Waals surface area contributed by atoms with Gasteiger partial charge in [0.15, 0.2) is 0 Å². The molecule has 0 spiro atoms. The highest BCUT2D eigenvalue weighted by atomic mass is 35.5. The molecule has 68 valence electrons. The highest BCUT2D eigenvalue weighted by molar-refractivity contribution is 6.17. The molecule has 0 bridgehead atoms. The van der Waals surface area contributed by atoms with Crippen molar-refractivity contribution in [3.8, 4) is 6.07 Å². The van der Waals surface area contributed by atoms with E-state index in [9.17, 15) is 0 Å². The third kappa shape index (κ3) is 2.96. The first kappa shape index (κ1) is 9.88. The zero-order valence-electron chi connectivity index (χ0n) is 7.26. The number of alkyl halides is 1. The molecule has 3 heteroatoms. The molecule has 0 saturated heterocycles. The lowest BCUT2D eigenvalue weighted by Crippen LogP contribution is -2.03. The normalized spacial score (nSPS) is 9.23. The second-order valence-corrected chi connectivity index (χ2v) is 3.00. The summed E-state index contributed by atoms with van der Waals surface area (Å²) in [6.45, 7) is 0.808. The number of nitrogens with one attached hydrogen (secondary N) is 1. The second-order valence-electron chi connectivity index (χ2n) is 2.63. The summed E-state index contributed by atoms with van der Waals surface area (Å²) in [4.78, 5) is 0. The van der Waals surface area contributed by atoms with Crippen LogP contribution in [0, 0.1) is 11.3 Å². The van der Waals surface area contributed by atoms with Gasteiger partial charge in [-0.3, -0.25) is 0 Å². The van der Waals surface area contributed by atoms with Gasteiger partial charge in [0.1, 0.15) is 6.07 Å². The van der Waals surface area contributed by atoms with E-state index in [1.807, 2.05) is 18.2 Å². The first-order valence-electron chi connectivity index (χ1n) is 4.17. The van der Waals surface area contributed by atoms with Crippen molar-refractivity contribution in [3.05, 3.63) is 29.8 Å². The maximum atomic E-state index is 8.76. The highest BCUT2D eigenvalue weighted by Crippen LogP contribution is 2.12. The number of nitriles is 1. The van der Waals surface area contributed by atoms with E-state index in [0.29, 0.717) is 11.4 Å². The Morgan fingerprint density at radius 1 is 1.38 bits per heavy atom. The third-order valence-corrected chi connectivity index (χ3v) is 1.94. The van der Waals surface area contributed by atoms with Crippen molar-refractivity contribution in [1.29, 1.82) is 5.26 Å². The van der Waals surface area contributed by atoms with Crippen LogP contribution in [-0.4, -0.2) is 12.4 Å². The summed E-state index contributed by atoms with van der Waals surface area (Å²) in [5.41, 5.74) is 1.56. The molecule has 1 aromatic carbocycles. The minimum absolute atomic E-state index is 0.641. The number of hydrogen-bond acceptors (Lipinski definition) is 2. The second kappa shape index (κ2) is 5.45. The summed E-state index contributed by atoms with van der Waals surface area (Å²) in [5, 5.41) is 11.9. The largest absolute Gasteiger partial charge is 0.384 e. The lowest BCUT2D eigenvalue weighted by molar-refractivity contribution is 0.986. The van der Waals surface area contributed by atoms with E-state index in [-0.39, 0.29) is 0 Å². The molecule has 0 aliphatic rings. The maximum absolute atomic E-state index is 8.76.